The van der Waals surface area contributed by atoms with Crippen molar-refractivity contribution in [3.8, 4) is 17.2 Å². The van der Waals surface area contributed by atoms with Crippen LogP contribution < -0.4 is 14.2 Å². The van der Waals surface area contributed by atoms with Crippen LogP contribution >= 0.6 is 22.6 Å². The molecule has 1 aromatic carbocycles. The highest BCUT2D eigenvalue weighted by Gasteiger charge is 2.16. The highest BCUT2D eigenvalue weighted by atomic mass is 127. The summed E-state index contributed by atoms with van der Waals surface area (Å²) >= 11 is 2.22. The summed E-state index contributed by atoms with van der Waals surface area (Å²) in [5, 5.41) is 1.87. The molecule has 0 spiro atoms. The number of hydrogen-bond donors (Lipinski definition) is 0. The Morgan fingerprint density at radius 2 is 1.71 bits per heavy atom. The second kappa shape index (κ2) is 4.95. The van der Waals surface area contributed by atoms with Crippen LogP contribution in [0.4, 0.5) is 0 Å². The van der Waals surface area contributed by atoms with Gasteiger partial charge >= 0.3 is 0 Å². The van der Waals surface area contributed by atoms with Gasteiger partial charge in [0.15, 0.2) is 11.5 Å². The number of benzene rings is 1. The van der Waals surface area contributed by atoms with E-state index >= 15 is 0 Å². The predicted octanol–water partition coefficient (Wildman–Crippen LogP) is 2.87. The molecule has 0 amide bonds. The molecule has 4 nitrogen and oxygen atoms in total. The Morgan fingerprint density at radius 3 is 2.29 bits per heavy atom. The Balaban J connectivity index is 2.92. The quantitative estimate of drug-likeness (QED) is 0.803. The number of halogens is 1. The van der Waals surface area contributed by atoms with E-state index in [2.05, 4.69) is 27.6 Å². The molecule has 0 aliphatic rings. The first-order valence-corrected chi connectivity index (χ1v) is 6.03. The van der Waals surface area contributed by atoms with Gasteiger partial charge in [0, 0.05) is 32.8 Å². The van der Waals surface area contributed by atoms with Gasteiger partial charge in [-0.25, -0.2) is 0 Å². The van der Waals surface area contributed by atoms with Gasteiger partial charge < -0.3 is 14.2 Å². The van der Waals surface area contributed by atoms with E-state index in [0.29, 0.717) is 11.5 Å². The molecule has 0 aliphatic heterocycles. The average Bonchev–Trinajstić information content (AvgIpc) is 2.37. The van der Waals surface area contributed by atoms with Crippen LogP contribution in [0.3, 0.4) is 0 Å². The van der Waals surface area contributed by atoms with Crippen molar-refractivity contribution < 1.29 is 14.2 Å². The molecule has 0 unspecified atom stereocenters. The SMILES string of the molecule is COc1cc(OC)c2cncc(I)c2c1OC. The van der Waals surface area contributed by atoms with Gasteiger partial charge in [0.1, 0.15) is 5.75 Å². The predicted molar refractivity (Wildman–Crippen MR) is 74.1 cm³/mol. The summed E-state index contributed by atoms with van der Waals surface area (Å²) in [5.74, 6) is 2.08. The minimum atomic E-state index is 0.654. The van der Waals surface area contributed by atoms with Crippen LogP contribution in [0, 0.1) is 3.57 Å². The second-order valence-electron chi connectivity index (χ2n) is 3.36. The summed E-state index contributed by atoms with van der Waals surface area (Å²) < 4.78 is 17.1. The molecule has 0 radical (unpaired) electrons. The number of ether oxygens (including phenoxy) is 3. The third-order valence-corrected chi connectivity index (χ3v) is 3.34. The van der Waals surface area contributed by atoms with Gasteiger partial charge in [-0.05, 0) is 22.6 Å². The van der Waals surface area contributed by atoms with E-state index in [0.717, 1.165) is 20.1 Å². The molecule has 2 aromatic rings. The van der Waals surface area contributed by atoms with Crippen LogP contribution in [0.15, 0.2) is 18.5 Å². The maximum Gasteiger partial charge on any atom is 0.169 e. The van der Waals surface area contributed by atoms with Crippen molar-refractivity contribution in [2.75, 3.05) is 21.3 Å². The van der Waals surface area contributed by atoms with Crippen LogP contribution in [0.2, 0.25) is 0 Å². The highest BCUT2D eigenvalue weighted by Crippen LogP contribution is 2.42. The molecular formula is C12H12INO3. The first kappa shape index (κ1) is 12.2. The Kier molecular flexibility index (Phi) is 3.56. The van der Waals surface area contributed by atoms with Gasteiger partial charge in [-0.1, -0.05) is 0 Å². The molecule has 2 rings (SSSR count). The maximum atomic E-state index is 5.42. The number of rotatable bonds is 3. The molecule has 0 N–H and O–H groups in total. The zero-order chi connectivity index (χ0) is 12.4. The van der Waals surface area contributed by atoms with E-state index in [1.165, 1.54) is 0 Å². The number of aromatic nitrogens is 1. The summed E-state index contributed by atoms with van der Waals surface area (Å²) in [6.07, 6.45) is 3.54. The van der Waals surface area contributed by atoms with Crippen molar-refractivity contribution in [3.05, 3.63) is 22.0 Å². The molecule has 5 heteroatoms. The van der Waals surface area contributed by atoms with Crippen LogP contribution in [0.1, 0.15) is 0 Å². The van der Waals surface area contributed by atoms with E-state index in [1.54, 1.807) is 39.8 Å². The number of nitrogens with zero attached hydrogens (tertiary/aromatic N) is 1. The fraction of sp³-hybridized carbons (Fsp3) is 0.250. The van der Waals surface area contributed by atoms with Gasteiger partial charge in [0.2, 0.25) is 0 Å². The standard InChI is InChI=1S/C12H12INO3/c1-15-9-4-10(16-2)12(17-3)11-7(9)5-14-6-8(11)13/h4-6H,1-3H3. The molecular weight excluding hydrogens is 333 g/mol. The molecule has 0 fully saturated rings. The van der Waals surface area contributed by atoms with E-state index < -0.39 is 0 Å². The number of hydrogen-bond acceptors (Lipinski definition) is 4. The Morgan fingerprint density at radius 1 is 1.00 bits per heavy atom. The normalized spacial score (nSPS) is 10.4. The van der Waals surface area contributed by atoms with Gasteiger partial charge in [-0.2, -0.15) is 0 Å². The molecule has 1 heterocycles. The van der Waals surface area contributed by atoms with Crippen molar-refractivity contribution in [1.29, 1.82) is 0 Å². The Labute approximate surface area is 113 Å². The fourth-order valence-corrected chi connectivity index (χ4v) is 2.46. The summed E-state index contributed by atoms with van der Waals surface area (Å²) in [6.45, 7) is 0. The largest absolute Gasteiger partial charge is 0.496 e. The lowest BCUT2D eigenvalue weighted by Crippen LogP contribution is -1.96. The minimum absolute atomic E-state index is 0.654. The topological polar surface area (TPSA) is 40.6 Å². The van der Waals surface area contributed by atoms with Gasteiger partial charge in [-0.15, -0.1) is 0 Å². The molecule has 0 saturated heterocycles. The summed E-state index contributed by atoms with van der Waals surface area (Å²) in [5.41, 5.74) is 0. The van der Waals surface area contributed by atoms with Crippen LogP contribution in [-0.4, -0.2) is 26.3 Å². The smallest absolute Gasteiger partial charge is 0.169 e. The lowest BCUT2D eigenvalue weighted by atomic mass is 10.1. The first-order chi connectivity index (χ1) is 8.22. The van der Waals surface area contributed by atoms with Gasteiger partial charge in [0.05, 0.1) is 21.3 Å². The maximum absolute atomic E-state index is 5.42. The fourth-order valence-electron chi connectivity index (χ4n) is 1.76. The molecule has 0 saturated carbocycles. The summed E-state index contributed by atoms with van der Waals surface area (Å²) in [6, 6.07) is 1.80. The van der Waals surface area contributed by atoms with Crippen molar-refractivity contribution >= 4 is 33.4 Å². The highest BCUT2D eigenvalue weighted by molar-refractivity contribution is 14.1. The molecule has 90 valence electrons. The minimum Gasteiger partial charge on any atom is -0.496 e. The van der Waals surface area contributed by atoms with Gasteiger partial charge in [0.25, 0.3) is 0 Å². The lowest BCUT2D eigenvalue weighted by molar-refractivity contribution is 0.353. The molecule has 0 atom stereocenters. The number of methoxy groups -OCH3 is 3. The van der Waals surface area contributed by atoms with E-state index in [9.17, 15) is 0 Å². The Bertz CT molecular complexity index is 557. The molecule has 0 aliphatic carbocycles. The van der Waals surface area contributed by atoms with E-state index in [1.807, 2.05) is 0 Å². The molecule has 0 bridgehead atoms. The number of fused-ring (bicyclic) bond motifs is 1. The van der Waals surface area contributed by atoms with Crippen molar-refractivity contribution in [1.82, 2.24) is 4.98 Å². The summed E-state index contributed by atoms with van der Waals surface area (Å²) in [4.78, 5) is 4.17. The monoisotopic (exact) mass is 345 g/mol. The van der Waals surface area contributed by atoms with Crippen molar-refractivity contribution in [3.63, 3.8) is 0 Å². The van der Waals surface area contributed by atoms with E-state index in [4.69, 9.17) is 14.2 Å². The third-order valence-electron chi connectivity index (χ3n) is 2.52. The van der Waals surface area contributed by atoms with E-state index in [-0.39, 0.29) is 0 Å². The van der Waals surface area contributed by atoms with Crippen molar-refractivity contribution in [2.45, 2.75) is 0 Å². The Hall–Kier alpha value is -1.24. The lowest BCUT2D eigenvalue weighted by Gasteiger charge is -2.14. The molecule has 1 aromatic heterocycles. The zero-order valence-electron chi connectivity index (χ0n) is 9.78. The van der Waals surface area contributed by atoms with Crippen LogP contribution in [0.25, 0.3) is 10.8 Å². The first-order valence-electron chi connectivity index (χ1n) is 4.95. The van der Waals surface area contributed by atoms with Crippen molar-refractivity contribution in [2.24, 2.45) is 0 Å². The van der Waals surface area contributed by atoms with Crippen LogP contribution in [0.5, 0.6) is 17.2 Å². The molecule has 17 heavy (non-hydrogen) atoms. The zero-order valence-corrected chi connectivity index (χ0v) is 11.9. The third kappa shape index (κ3) is 1.99. The average molecular weight is 345 g/mol. The second-order valence-corrected chi connectivity index (χ2v) is 4.52. The number of pyridine rings is 1. The van der Waals surface area contributed by atoms with Crippen LogP contribution in [-0.2, 0) is 0 Å². The van der Waals surface area contributed by atoms with Gasteiger partial charge in [-0.3, -0.25) is 4.98 Å². The summed E-state index contributed by atoms with van der Waals surface area (Å²) in [7, 11) is 4.86.